The third-order valence-corrected chi connectivity index (χ3v) is 8.12. The Kier molecular flexibility index (Phi) is 5.41. The van der Waals surface area contributed by atoms with Crippen LogP contribution in [0.5, 0.6) is 5.75 Å². The summed E-state index contributed by atoms with van der Waals surface area (Å²) in [6.45, 7) is 3.85. The number of benzene rings is 3. The van der Waals surface area contributed by atoms with Gasteiger partial charge in [-0.05, 0) is 73.2 Å². The molecule has 5 nitrogen and oxygen atoms in total. The molecule has 33 heavy (non-hydrogen) atoms. The standard InChI is InChI=1S/C27H28N2O3S/c1-17-11-12-18(2)25(15-17)29-33(30,31)19-13-14-24-23(16-19)20-8-6-9-21(20)27(28-24)22-7-4-5-10-26(22)32-3/h4-8,10-16,20-21,27-29H,9H2,1-3H3/t20-,21+,27-/m0/s1. The lowest BCUT2D eigenvalue weighted by atomic mass is 9.77. The lowest BCUT2D eigenvalue weighted by Gasteiger charge is -2.38. The Hall–Kier alpha value is -3.25. The topological polar surface area (TPSA) is 67.4 Å². The zero-order valence-electron chi connectivity index (χ0n) is 19.0. The molecule has 6 heteroatoms. The second kappa shape index (κ2) is 8.27. The highest BCUT2D eigenvalue weighted by Crippen LogP contribution is 2.51. The Bertz CT molecular complexity index is 1350. The summed E-state index contributed by atoms with van der Waals surface area (Å²) < 4.78 is 34.9. The van der Waals surface area contributed by atoms with Crippen LogP contribution in [0.25, 0.3) is 0 Å². The predicted octanol–water partition coefficient (Wildman–Crippen LogP) is 5.94. The molecule has 0 spiro atoms. The smallest absolute Gasteiger partial charge is 0.261 e. The van der Waals surface area contributed by atoms with Crippen LogP contribution < -0.4 is 14.8 Å². The maximum atomic E-state index is 13.2. The van der Waals surface area contributed by atoms with E-state index in [2.05, 4.69) is 28.3 Å². The van der Waals surface area contributed by atoms with E-state index in [0.29, 0.717) is 11.6 Å². The molecule has 2 N–H and O–H groups in total. The van der Waals surface area contributed by atoms with Gasteiger partial charge in [-0.1, -0.05) is 42.5 Å². The molecule has 0 unspecified atom stereocenters. The maximum absolute atomic E-state index is 13.2. The van der Waals surface area contributed by atoms with Gasteiger partial charge in [0.1, 0.15) is 5.75 Å². The molecule has 0 saturated carbocycles. The van der Waals surface area contributed by atoms with E-state index in [1.54, 1.807) is 13.2 Å². The number of nitrogens with one attached hydrogen (secondary N) is 2. The minimum absolute atomic E-state index is 0.0872. The summed E-state index contributed by atoms with van der Waals surface area (Å²) in [5.41, 5.74) is 5.61. The number of para-hydroxylation sites is 1. The van der Waals surface area contributed by atoms with Crippen molar-refractivity contribution in [3.63, 3.8) is 0 Å². The minimum atomic E-state index is -3.71. The van der Waals surface area contributed by atoms with Gasteiger partial charge >= 0.3 is 0 Å². The monoisotopic (exact) mass is 460 g/mol. The third kappa shape index (κ3) is 3.89. The molecule has 0 radical (unpaired) electrons. The van der Waals surface area contributed by atoms with Gasteiger partial charge in [0.05, 0.1) is 23.7 Å². The Balaban J connectivity index is 1.51. The van der Waals surface area contributed by atoms with Crippen molar-refractivity contribution in [2.45, 2.75) is 37.1 Å². The molecule has 170 valence electrons. The quantitative estimate of drug-likeness (QED) is 0.463. The third-order valence-electron chi connectivity index (χ3n) is 6.76. The molecule has 2 aliphatic rings. The van der Waals surface area contributed by atoms with Gasteiger partial charge in [-0.3, -0.25) is 4.72 Å². The number of methoxy groups -OCH3 is 1. The number of allylic oxidation sites excluding steroid dienone is 2. The molecule has 1 aliphatic heterocycles. The zero-order valence-corrected chi connectivity index (χ0v) is 19.8. The van der Waals surface area contributed by atoms with Crippen molar-refractivity contribution in [2.24, 2.45) is 5.92 Å². The van der Waals surface area contributed by atoms with Crippen LogP contribution in [-0.4, -0.2) is 15.5 Å². The fourth-order valence-corrected chi connectivity index (χ4v) is 6.18. The molecule has 0 bridgehead atoms. The summed E-state index contributed by atoms with van der Waals surface area (Å²) in [5, 5.41) is 3.67. The van der Waals surface area contributed by atoms with Gasteiger partial charge < -0.3 is 10.1 Å². The van der Waals surface area contributed by atoms with E-state index >= 15 is 0 Å². The van der Waals surface area contributed by atoms with Crippen LogP contribution in [0.1, 0.15) is 40.6 Å². The molecule has 3 aromatic carbocycles. The molecular weight excluding hydrogens is 432 g/mol. The van der Waals surface area contributed by atoms with E-state index in [1.165, 1.54) is 0 Å². The van der Waals surface area contributed by atoms with Crippen molar-refractivity contribution in [1.82, 2.24) is 0 Å². The summed E-state index contributed by atoms with van der Waals surface area (Å²) in [4.78, 5) is 0.277. The van der Waals surface area contributed by atoms with E-state index in [1.807, 2.05) is 62.4 Å². The van der Waals surface area contributed by atoms with E-state index in [0.717, 1.165) is 40.1 Å². The molecule has 0 fully saturated rings. The molecule has 5 rings (SSSR count). The van der Waals surface area contributed by atoms with Gasteiger partial charge in [0.2, 0.25) is 0 Å². The number of hydrogen-bond donors (Lipinski definition) is 2. The Morgan fingerprint density at radius 1 is 1.00 bits per heavy atom. The summed E-state index contributed by atoms with van der Waals surface area (Å²) in [6, 6.07) is 19.3. The van der Waals surface area contributed by atoms with Crippen molar-refractivity contribution in [3.8, 4) is 5.75 Å². The van der Waals surface area contributed by atoms with Crippen molar-refractivity contribution >= 4 is 21.4 Å². The number of anilines is 2. The second-order valence-electron chi connectivity index (χ2n) is 8.89. The summed E-state index contributed by atoms with van der Waals surface area (Å²) in [6.07, 6.45) is 5.34. The molecule has 0 amide bonds. The van der Waals surface area contributed by atoms with Gasteiger partial charge in [-0.2, -0.15) is 0 Å². The van der Waals surface area contributed by atoms with Crippen LogP contribution in [0.4, 0.5) is 11.4 Å². The molecular formula is C27H28N2O3S. The van der Waals surface area contributed by atoms with Gasteiger partial charge in [0.15, 0.2) is 0 Å². The van der Waals surface area contributed by atoms with Gasteiger partial charge in [0, 0.05) is 17.2 Å². The molecule has 3 atom stereocenters. The average Bonchev–Trinajstić information content (AvgIpc) is 3.31. The van der Waals surface area contributed by atoms with Crippen LogP contribution >= 0.6 is 0 Å². The van der Waals surface area contributed by atoms with Gasteiger partial charge in [-0.25, -0.2) is 8.42 Å². The first-order chi connectivity index (χ1) is 15.9. The van der Waals surface area contributed by atoms with Crippen LogP contribution in [0.2, 0.25) is 0 Å². The largest absolute Gasteiger partial charge is 0.496 e. The lowest BCUT2D eigenvalue weighted by molar-refractivity contribution is 0.381. The first-order valence-corrected chi connectivity index (χ1v) is 12.7. The molecule has 3 aromatic rings. The summed E-state index contributed by atoms with van der Waals surface area (Å²) in [7, 11) is -2.02. The number of sulfonamides is 1. The number of rotatable bonds is 5. The van der Waals surface area contributed by atoms with Crippen LogP contribution in [0, 0.1) is 19.8 Å². The van der Waals surface area contributed by atoms with Gasteiger partial charge in [0.25, 0.3) is 10.0 Å². The Morgan fingerprint density at radius 3 is 2.64 bits per heavy atom. The predicted molar refractivity (Wildman–Crippen MR) is 133 cm³/mol. The highest BCUT2D eigenvalue weighted by Gasteiger charge is 2.39. The SMILES string of the molecule is COc1ccccc1[C@H]1Nc2ccc(S(=O)(=O)Nc3cc(C)ccc3C)cc2[C@H]2C=CC[C@H]21. The van der Waals surface area contributed by atoms with E-state index in [4.69, 9.17) is 4.74 Å². The number of hydrogen-bond acceptors (Lipinski definition) is 4. The van der Waals surface area contributed by atoms with E-state index in [-0.39, 0.29) is 16.9 Å². The van der Waals surface area contributed by atoms with Crippen molar-refractivity contribution in [1.29, 1.82) is 0 Å². The maximum Gasteiger partial charge on any atom is 0.261 e. The van der Waals surface area contributed by atoms with E-state index < -0.39 is 10.0 Å². The number of aryl methyl sites for hydroxylation is 2. The Morgan fingerprint density at radius 2 is 1.82 bits per heavy atom. The van der Waals surface area contributed by atoms with Crippen molar-refractivity contribution in [3.05, 3.63) is 95.1 Å². The normalized spacial score (nSPS) is 21.1. The van der Waals surface area contributed by atoms with Crippen LogP contribution in [0.3, 0.4) is 0 Å². The lowest BCUT2D eigenvalue weighted by Crippen LogP contribution is -2.29. The van der Waals surface area contributed by atoms with Crippen molar-refractivity contribution < 1.29 is 13.2 Å². The first kappa shape index (κ1) is 21.6. The number of fused-ring (bicyclic) bond motifs is 3. The van der Waals surface area contributed by atoms with E-state index in [9.17, 15) is 8.42 Å². The highest BCUT2D eigenvalue weighted by atomic mass is 32.2. The molecule has 1 aliphatic carbocycles. The molecule has 1 heterocycles. The van der Waals surface area contributed by atoms with Crippen LogP contribution in [-0.2, 0) is 10.0 Å². The average molecular weight is 461 g/mol. The van der Waals surface area contributed by atoms with Crippen molar-refractivity contribution in [2.75, 3.05) is 17.1 Å². The second-order valence-corrected chi connectivity index (χ2v) is 10.6. The summed E-state index contributed by atoms with van der Waals surface area (Å²) in [5.74, 6) is 1.30. The molecule has 0 aromatic heterocycles. The fraction of sp³-hybridized carbons (Fsp3) is 0.259. The minimum Gasteiger partial charge on any atom is -0.496 e. The van der Waals surface area contributed by atoms with Crippen LogP contribution in [0.15, 0.2) is 77.7 Å². The molecule has 0 saturated heterocycles. The Labute approximate surface area is 195 Å². The zero-order chi connectivity index (χ0) is 23.2. The summed E-state index contributed by atoms with van der Waals surface area (Å²) >= 11 is 0. The highest BCUT2D eigenvalue weighted by molar-refractivity contribution is 7.92. The van der Waals surface area contributed by atoms with Gasteiger partial charge in [-0.15, -0.1) is 0 Å². The first-order valence-electron chi connectivity index (χ1n) is 11.2. The number of ether oxygens (including phenoxy) is 1. The fourth-order valence-electron chi connectivity index (χ4n) is 5.02.